The van der Waals surface area contributed by atoms with E-state index in [0.29, 0.717) is 5.69 Å². The van der Waals surface area contributed by atoms with Gasteiger partial charge in [-0.05, 0) is 13.8 Å². The number of aromatic nitrogens is 4. The predicted molar refractivity (Wildman–Crippen MR) is 56.4 cm³/mol. The van der Waals surface area contributed by atoms with Crippen LogP contribution in [0, 0.1) is 25.2 Å². The Labute approximate surface area is 101 Å². The van der Waals surface area contributed by atoms with E-state index in [1.807, 2.05) is 6.07 Å². The Bertz CT molecular complexity index is 546. The molecule has 18 heavy (non-hydrogen) atoms. The van der Waals surface area contributed by atoms with Crippen LogP contribution in [0.3, 0.4) is 0 Å². The van der Waals surface area contributed by atoms with Crippen molar-refractivity contribution in [3.63, 3.8) is 0 Å². The van der Waals surface area contributed by atoms with Gasteiger partial charge in [0, 0.05) is 0 Å². The zero-order chi connectivity index (χ0) is 13.8. The van der Waals surface area contributed by atoms with E-state index in [0.717, 1.165) is 12.0 Å². The number of aromatic amines is 2. The van der Waals surface area contributed by atoms with Gasteiger partial charge >= 0.3 is 6.18 Å². The third kappa shape index (κ3) is 3.93. The third-order valence-corrected chi connectivity index (χ3v) is 1.83. The van der Waals surface area contributed by atoms with Gasteiger partial charge in [0.05, 0.1) is 12.4 Å². The zero-order valence-corrected chi connectivity index (χ0v) is 9.63. The summed E-state index contributed by atoms with van der Waals surface area (Å²) in [5, 5.41) is 8.23. The molecule has 5 nitrogen and oxygen atoms in total. The van der Waals surface area contributed by atoms with Crippen molar-refractivity contribution in [2.45, 2.75) is 20.0 Å². The molecule has 2 aromatic rings. The average Bonchev–Trinajstić information content (AvgIpc) is 2.87. The molecule has 2 rings (SSSR count). The summed E-state index contributed by atoms with van der Waals surface area (Å²) < 4.78 is 35.2. The Morgan fingerprint density at radius 2 is 1.67 bits per heavy atom. The summed E-state index contributed by atoms with van der Waals surface area (Å²) in [7, 11) is 0. The molecule has 0 aliphatic carbocycles. The quantitative estimate of drug-likeness (QED) is 0.759. The number of nitrogens with zero attached hydrogens (tertiary/aromatic N) is 3. The fourth-order valence-corrected chi connectivity index (χ4v) is 1.04. The minimum atomic E-state index is -4.30. The first-order valence-electron chi connectivity index (χ1n) is 4.83. The van der Waals surface area contributed by atoms with Gasteiger partial charge in [0.1, 0.15) is 29.1 Å². The number of rotatable bonds is 0. The molecule has 2 aromatic heterocycles. The Morgan fingerprint density at radius 1 is 1.11 bits per heavy atom. The van der Waals surface area contributed by atoms with Gasteiger partial charge in [0.2, 0.25) is 0 Å². The molecule has 0 atom stereocenters. The largest absolute Gasteiger partial charge is 0.432 e. The van der Waals surface area contributed by atoms with Crippen molar-refractivity contribution in [2.24, 2.45) is 0 Å². The predicted octanol–water partition coefficient (Wildman–Crippen LogP) is 2.33. The number of nitrogens with one attached hydrogen (secondary N) is 2. The minimum Gasteiger partial charge on any atom is -0.339 e. The molecule has 0 fully saturated rings. The summed E-state index contributed by atoms with van der Waals surface area (Å²) in [4.78, 5) is 12.1. The number of hydrogen-bond donors (Lipinski definition) is 2. The molecule has 0 aromatic carbocycles. The van der Waals surface area contributed by atoms with E-state index in [9.17, 15) is 13.2 Å². The number of hydrogen-bond acceptors (Lipinski definition) is 3. The number of alkyl halides is 3. The molecule has 0 saturated heterocycles. The van der Waals surface area contributed by atoms with Crippen LogP contribution in [0.4, 0.5) is 13.2 Å². The Hall–Kier alpha value is -2.30. The van der Waals surface area contributed by atoms with Crippen molar-refractivity contribution in [1.82, 2.24) is 19.9 Å². The highest BCUT2D eigenvalue weighted by atomic mass is 19.4. The molecule has 0 bridgehead atoms. The summed E-state index contributed by atoms with van der Waals surface area (Å²) in [6.45, 7) is 3.27. The molecule has 8 heteroatoms. The topological polar surface area (TPSA) is 81.2 Å². The molecule has 96 valence electrons. The number of imidazole rings is 2. The fraction of sp³-hybridized carbons (Fsp3) is 0.300. The Balaban J connectivity index is 0.000000184. The van der Waals surface area contributed by atoms with Gasteiger partial charge < -0.3 is 9.97 Å². The van der Waals surface area contributed by atoms with Crippen molar-refractivity contribution in [1.29, 1.82) is 5.26 Å². The van der Waals surface area contributed by atoms with Gasteiger partial charge in [0.15, 0.2) is 0 Å². The van der Waals surface area contributed by atoms with Crippen LogP contribution in [0.1, 0.15) is 23.0 Å². The van der Waals surface area contributed by atoms with Crippen LogP contribution >= 0.6 is 0 Å². The second kappa shape index (κ2) is 5.35. The van der Waals surface area contributed by atoms with E-state index in [-0.39, 0.29) is 5.82 Å². The lowest BCUT2D eigenvalue weighted by Gasteiger charge is -1.99. The van der Waals surface area contributed by atoms with Gasteiger partial charge in [0.25, 0.3) is 0 Å². The van der Waals surface area contributed by atoms with Gasteiger partial charge in [-0.2, -0.15) is 18.4 Å². The molecular formula is C10H10F3N5. The Morgan fingerprint density at radius 3 is 1.89 bits per heavy atom. The van der Waals surface area contributed by atoms with Gasteiger partial charge in [-0.25, -0.2) is 9.97 Å². The minimum absolute atomic E-state index is 0.271. The standard InChI is InChI=1S/C5H5F3N2.C5H5N3/c1-3-9-2-4(10-3)5(6,7)8;1-4-7-3-5(2-6)8-4/h2H,1H3,(H,9,10);3H,1H3,(H,7,8). The highest BCUT2D eigenvalue weighted by Gasteiger charge is 2.32. The van der Waals surface area contributed by atoms with Crippen LogP contribution in [-0.2, 0) is 6.18 Å². The first kappa shape index (κ1) is 13.8. The normalized spacial score (nSPS) is 10.4. The molecular weight excluding hydrogens is 247 g/mol. The molecule has 0 amide bonds. The maximum atomic E-state index is 11.7. The summed E-state index contributed by atoms with van der Waals surface area (Å²) in [5.74, 6) is 1.05. The van der Waals surface area contributed by atoms with E-state index < -0.39 is 11.9 Å². The summed E-state index contributed by atoms with van der Waals surface area (Å²) in [6.07, 6.45) is -2.02. The average molecular weight is 257 g/mol. The van der Waals surface area contributed by atoms with E-state index >= 15 is 0 Å². The number of halogens is 3. The number of nitriles is 1. The lowest BCUT2D eigenvalue weighted by molar-refractivity contribution is -0.140. The molecule has 0 unspecified atom stereocenters. The van der Waals surface area contributed by atoms with Crippen LogP contribution in [0.15, 0.2) is 12.4 Å². The van der Waals surface area contributed by atoms with Gasteiger partial charge in [-0.15, -0.1) is 0 Å². The third-order valence-electron chi connectivity index (χ3n) is 1.83. The molecule has 0 spiro atoms. The van der Waals surface area contributed by atoms with E-state index in [4.69, 9.17) is 5.26 Å². The van der Waals surface area contributed by atoms with Crippen molar-refractivity contribution < 1.29 is 13.2 Å². The first-order chi connectivity index (χ1) is 8.32. The van der Waals surface area contributed by atoms with Crippen molar-refractivity contribution in [3.05, 3.63) is 35.4 Å². The van der Waals surface area contributed by atoms with Crippen molar-refractivity contribution in [3.8, 4) is 6.07 Å². The number of aryl methyl sites for hydroxylation is 2. The van der Waals surface area contributed by atoms with Crippen LogP contribution in [0.2, 0.25) is 0 Å². The smallest absolute Gasteiger partial charge is 0.339 e. The van der Waals surface area contributed by atoms with Crippen molar-refractivity contribution >= 4 is 0 Å². The highest BCUT2D eigenvalue weighted by molar-refractivity contribution is 5.16. The first-order valence-corrected chi connectivity index (χ1v) is 4.83. The lowest BCUT2D eigenvalue weighted by atomic mass is 10.5. The molecule has 2 N–H and O–H groups in total. The van der Waals surface area contributed by atoms with E-state index in [1.165, 1.54) is 13.1 Å². The van der Waals surface area contributed by atoms with Gasteiger partial charge in [-0.1, -0.05) is 0 Å². The monoisotopic (exact) mass is 257 g/mol. The molecule has 0 aliphatic rings. The molecule has 0 saturated carbocycles. The van der Waals surface area contributed by atoms with Crippen LogP contribution in [0.25, 0.3) is 0 Å². The van der Waals surface area contributed by atoms with E-state index in [1.54, 1.807) is 6.92 Å². The lowest BCUT2D eigenvalue weighted by Crippen LogP contribution is -2.04. The number of H-pyrrole nitrogens is 2. The fourth-order valence-electron chi connectivity index (χ4n) is 1.04. The molecule has 2 heterocycles. The molecule has 0 aliphatic heterocycles. The second-order valence-electron chi connectivity index (χ2n) is 3.37. The summed E-state index contributed by atoms with van der Waals surface area (Å²) >= 11 is 0. The highest BCUT2D eigenvalue weighted by Crippen LogP contribution is 2.26. The molecule has 0 radical (unpaired) electrons. The van der Waals surface area contributed by atoms with Gasteiger partial charge in [-0.3, -0.25) is 0 Å². The van der Waals surface area contributed by atoms with Crippen LogP contribution in [0.5, 0.6) is 0 Å². The SMILES string of the molecule is Cc1ncc(C#N)[nH]1.Cc1ncc(C(F)(F)F)[nH]1. The second-order valence-corrected chi connectivity index (χ2v) is 3.37. The summed E-state index contributed by atoms with van der Waals surface area (Å²) in [6, 6.07) is 1.93. The van der Waals surface area contributed by atoms with E-state index in [2.05, 4.69) is 19.9 Å². The Kier molecular flexibility index (Phi) is 4.09. The summed E-state index contributed by atoms with van der Waals surface area (Å²) in [5.41, 5.74) is -0.285. The van der Waals surface area contributed by atoms with Crippen molar-refractivity contribution in [2.75, 3.05) is 0 Å². The van der Waals surface area contributed by atoms with Crippen LogP contribution in [-0.4, -0.2) is 19.9 Å². The maximum Gasteiger partial charge on any atom is 0.432 e. The van der Waals surface area contributed by atoms with Crippen LogP contribution < -0.4 is 0 Å². The zero-order valence-electron chi connectivity index (χ0n) is 9.63. The maximum absolute atomic E-state index is 11.7.